The van der Waals surface area contributed by atoms with Gasteiger partial charge in [-0.05, 0) is 31.5 Å². The summed E-state index contributed by atoms with van der Waals surface area (Å²) in [6.07, 6.45) is 1.47. The Balaban J connectivity index is 2.83. The van der Waals surface area contributed by atoms with E-state index in [1.54, 1.807) is 0 Å². The van der Waals surface area contributed by atoms with Crippen molar-refractivity contribution in [2.45, 2.75) is 12.8 Å². The second kappa shape index (κ2) is 7.29. The molecule has 5 N–H and O–H groups in total. The van der Waals surface area contributed by atoms with Crippen LogP contribution in [-0.4, -0.2) is 29.1 Å². The average molecular weight is 268 g/mol. The highest BCUT2D eigenvalue weighted by molar-refractivity contribution is 5.99. The van der Waals surface area contributed by atoms with Gasteiger partial charge in [0.1, 0.15) is 5.56 Å². The van der Waals surface area contributed by atoms with Crippen molar-refractivity contribution in [2.24, 2.45) is 5.73 Å². The number of hydrogen-bond acceptors (Lipinski definition) is 6. The minimum atomic E-state index is -0.643. The second-order valence-corrected chi connectivity index (χ2v) is 3.85. The Morgan fingerprint density at radius 2 is 2.16 bits per heavy atom. The van der Waals surface area contributed by atoms with Crippen LogP contribution in [-0.2, 0) is 0 Å². The van der Waals surface area contributed by atoms with Crippen molar-refractivity contribution < 1.29 is 14.9 Å². The largest absolute Gasteiger partial charge is 0.352 e. The van der Waals surface area contributed by atoms with Gasteiger partial charge in [0, 0.05) is 12.6 Å². The van der Waals surface area contributed by atoms with Gasteiger partial charge in [-0.1, -0.05) is 0 Å². The molecule has 0 radical (unpaired) electrons. The van der Waals surface area contributed by atoms with Gasteiger partial charge in [-0.3, -0.25) is 25.6 Å². The monoisotopic (exact) mass is 268 g/mol. The van der Waals surface area contributed by atoms with Gasteiger partial charge in [-0.15, -0.1) is 0 Å². The molecule has 0 fully saturated rings. The molecule has 0 atom stereocenters. The van der Waals surface area contributed by atoms with E-state index in [0.29, 0.717) is 19.5 Å². The SMILES string of the molecule is NCCCCNC(=O)c1cc(NO)ccc1[N+](=O)[O-]. The van der Waals surface area contributed by atoms with Crippen LogP contribution in [0.3, 0.4) is 0 Å². The number of unbranched alkanes of at least 4 members (excludes halogenated alkanes) is 1. The van der Waals surface area contributed by atoms with Gasteiger partial charge in [0.05, 0.1) is 10.6 Å². The molecule has 0 aliphatic heterocycles. The van der Waals surface area contributed by atoms with Crippen LogP contribution in [0.4, 0.5) is 11.4 Å². The summed E-state index contributed by atoms with van der Waals surface area (Å²) in [6.45, 7) is 0.921. The van der Waals surface area contributed by atoms with Crippen LogP contribution >= 0.6 is 0 Å². The molecule has 0 saturated carbocycles. The van der Waals surface area contributed by atoms with Crippen molar-refractivity contribution in [1.82, 2.24) is 5.32 Å². The predicted octanol–water partition coefficient (Wildman–Crippen LogP) is 0.865. The highest BCUT2D eigenvalue weighted by Gasteiger charge is 2.20. The maximum atomic E-state index is 11.8. The minimum absolute atomic E-state index is 0.100. The summed E-state index contributed by atoms with van der Waals surface area (Å²) in [4.78, 5) is 22.0. The van der Waals surface area contributed by atoms with Crippen LogP contribution in [0.15, 0.2) is 18.2 Å². The van der Waals surface area contributed by atoms with Crippen LogP contribution in [0.1, 0.15) is 23.2 Å². The highest BCUT2D eigenvalue weighted by atomic mass is 16.6. The van der Waals surface area contributed by atoms with E-state index in [9.17, 15) is 14.9 Å². The predicted molar refractivity (Wildman–Crippen MR) is 69.1 cm³/mol. The van der Waals surface area contributed by atoms with Gasteiger partial charge in [0.25, 0.3) is 11.6 Å². The molecule has 8 nitrogen and oxygen atoms in total. The Morgan fingerprint density at radius 3 is 2.74 bits per heavy atom. The first kappa shape index (κ1) is 14.9. The number of benzene rings is 1. The second-order valence-electron chi connectivity index (χ2n) is 3.85. The Morgan fingerprint density at radius 1 is 1.42 bits per heavy atom. The lowest BCUT2D eigenvalue weighted by molar-refractivity contribution is -0.385. The number of carbonyl (C=O) groups excluding carboxylic acids is 1. The van der Waals surface area contributed by atoms with Crippen LogP contribution in [0, 0.1) is 10.1 Å². The van der Waals surface area contributed by atoms with Crippen LogP contribution < -0.4 is 16.5 Å². The van der Waals surface area contributed by atoms with Crippen LogP contribution in [0.25, 0.3) is 0 Å². The number of nitrogens with zero attached hydrogens (tertiary/aromatic N) is 1. The molecule has 0 heterocycles. The molecule has 0 spiro atoms. The fourth-order valence-electron chi connectivity index (χ4n) is 1.51. The van der Waals surface area contributed by atoms with E-state index in [1.807, 2.05) is 5.48 Å². The van der Waals surface area contributed by atoms with E-state index in [0.717, 1.165) is 12.5 Å². The summed E-state index contributed by atoms with van der Waals surface area (Å²) in [5, 5.41) is 22.2. The summed E-state index contributed by atoms with van der Waals surface area (Å²) in [5.74, 6) is -0.555. The Hall–Kier alpha value is -2.19. The third-order valence-electron chi connectivity index (χ3n) is 2.48. The van der Waals surface area contributed by atoms with Gasteiger partial charge < -0.3 is 11.1 Å². The zero-order chi connectivity index (χ0) is 14.3. The quantitative estimate of drug-likeness (QED) is 0.329. The number of rotatable bonds is 7. The fraction of sp³-hybridized carbons (Fsp3) is 0.364. The number of anilines is 1. The highest BCUT2D eigenvalue weighted by Crippen LogP contribution is 2.22. The standard InChI is InChI=1S/C11H16N4O4/c12-5-1-2-6-13-11(16)9-7-8(14-17)3-4-10(9)15(18)19/h3-4,7,14,17H,1-2,5-6,12H2,(H,13,16). The Bertz CT molecular complexity index is 464. The van der Waals surface area contributed by atoms with Gasteiger partial charge in [-0.25, -0.2) is 0 Å². The van der Waals surface area contributed by atoms with Gasteiger partial charge in [-0.2, -0.15) is 0 Å². The van der Waals surface area contributed by atoms with Crippen molar-refractivity contribution in [3.8, 4) is 0 Å². The molecular weight excluding hydrogens is 252 g/mol. The number of nitrogens with two attached hydrogens (primary N) is 1. The molecule has 1 aromatic carbocycles. The van der Waals surface area contributed by atoms with Gasteiger partial charge in [0.2, 0.25) is 0 Å². The van der Waals surface area contributed by atoms with E-state index < -0.39 is 10.8 Å². The zero-order valence-electron chi connectivity index (χ0n) is 10.3. The summed E-state index contributed by atoms with van der Waals surface area (Å²) in [5.41, 5.74) is 6.96. The summed E-state index contributed by atoms with van der Waals surface area (Å²) in [6, 6.07) is 3.69. The van der Waals surface area contributed by atoms with Crippen molar-refractivity contribution >= 4 is 17.3 Å². The molecule has 0 aliphatic rings. The van der Waals surface area contributed by atoms with E-state index in [4.69, 9.17) is 10.9 Å². The van der Waals surface area contributed by atoms with Crippen LogP contribution in [0.5, 0.6) is 0 Å². The first-order valence-electron chi connectivity index (χ1n) is 5.77. The van der Waals surface area contributed by atoms with E-state index >= 15 is 0 Å². The third-order valence-corrected chi connectivity index (χ3v) is 2.48. The molecule has 104 valence electrons. The Labute approximate surface area is 109 Å². The molecule has 1 amide bonds. The molecule has 1 aromatic rings. The van der Waals surface area contributed by atoms with Gasteiger partial charge >= 0.3 is 0 Å². The normalized spacial score (nSPS) is 10.0. The molecular formula is C11H16N4O4. The lowest BCUT2D eigenvalue weighted by Crippen LogP contribution is -2.25. The first-order chi connectivity index (χ1) is 9.10. The topological polar surface area (TPSA) is 131 Å². The molecule has 0 aliphatic carbocycles. The van der Waals surface area contributed by atoms with Crippen molar-refractivity contribution in [2.75, 3.05) is 18.6 Å². The summed E-state index contributed by atoms with van der Waals surface area (Å²) >= 11 is 0. The summed E-state index contributed by atoms with van der Waals surface area (Å²) in [7, 11) is 0. The van der Waals surface area contributed by atoms with Crippen molar-refractivity contribution in [3.63, 3.8) is 0 Å². The number of nitrogens with one attached hydrogen (secondary N) is 2. The molecule has 0 aromatic heterocycles. The lowest BCUT2D eigenvalue weighted by Gasteiger charge is -2.07. The number of carbonyl (C=O) groups is 1. The molecule has 0 unspecified atom stereocenters. The maximum Gasteiger partial charge on any atom is 0.282 e. The fourth-order valence-corrected chi connectivity index (χ4v) is 1.51. The summed E-state index contributed by atoms with van der Waals surface area (Å²) < 4.78 is 0. The van der Waals surface area contributed by atoms with Crippen LogP contribution in [0.2, 0.25) is 0 Å². The average Bonchev–Trinajstić information content (AvgIpc) is 2.42. The molecule has 19 heavy (non-hydrogen) atoms. The van der Waals surface area contributed by atoms with E-state index in [1.165, 1.54) is 12.1 Å². The number of nitro benzene ring substituents is 1. The lowest BCUT2D eigenvalue weighted by atomic mass is 10.1. The maximum absolute atomic E-state index is 11.8. The Kier molecular flexibility index (Phi) is 5.71. The number of amides is 1. The third kappa shape index (κ3) is 4.19. The smallest absolute Gasteiger partial charge is 0.282 e. The molecule has 8 heteroatoms. The van der Waals surface area contributed by atoms with Gasteiger partial charge in [0.15, 0.2) is 0 Å². The van der Waals surface area contributed by atoms with Crippen molar-refractivity contribution in [3.05, 3.63) is 33.9 Å². The van der Waals surface area contributed by atoms with Crippen molar-refractivity contribution in [1.29, 1.82) is 0 Å². The first-order valence-corrected chi connectivity index (χ1v) is 5.77. The molecule has 0 bridgehead atoms. The minimum Gasteiger partial charge on any atom is -0.352 e. The number of hydrogen-bond donors (Lipinski definition) is 4. The van der Waals surface area contributed by atoms with E-state index in [2.05, 4.69) is 5.32 Å². The van der Waals surface area contributed by atoms with E-state index in [-0.39, 0.29) is 16.9 Å². The molecule has 1 rings (SSSR count). The molecule has 0 saturated heterocycles. The zero-order valence-corrected chi connectivity index (χ0v) is 10.3. The number of nitro groups is 1.